The monoisotopic (exact) mass is 218 g/mol. The van der Waals surface area contributed by atoms with Gasteiger partial charge in [-0.15, -0.1) is 0 Å². The lowest BCUT2D eigenvalue weighted by Crippen LogP contribution is -2.43. The zero-order chi connectivity index (χ0) is 11.4. The van der Waals surface area contributed by atoms with Crippen molar-refractivity contribution in [3.8, 4) is 0 Å². The molecule has 0 radical (unpaired) electrons. The summed E-state index contributed by atoms with van der Waals surface area (Å²) in [6.45, 7) is 4.19. The van der Waals surface area contributed by atoms with Crippen molar-refractivity contribution in [1.82, 2.24) is 0 Å². The Hall–Kier alpha value is -0.160. The van der Waals surface area contributed by atoms with Crippen LogP contribution in [0.25, 0.3) is 0 Å². The minimum atomic E-state index is -0.878. The number of aliphatic hydroxyl groups excluding tert-OH is 3. The van der Waals surface area contributed by atoms with Gasteiger partial charge in [0.2, 0.25) is 0 Å². The first-order valence-corrected chi connectivity index (χ1v) is 5.68. The van der Waals surface area contributed by atoms with E-state index in [1.165, 1.54) is 0 Å². The van der Waals surface area contributed by atoms with Gasteiger partial charge < -0.3 is 20.1 Å². The highest BCUT2D eigenvalue weighted by Gasteiger charge is 2.33. The second-order valence-corrected chi connectivity index (χ2v) is 4.44. The van der Waals surface area contributed by atoms with Gasteiger partial charge in [0.05, 0.1) is 31.5 Å². The fourth-order valence-corrected chi connectivity index (χ4v) is 2.12. The van der Waals surface area contributed by atoms with E-state index in [-0.39, 0.29) is 24.5 Å². The molecule has 90 valence electrons. The highest BCUT2D eigenvalue weighted by Crippen LogP contribution is 2.25. The molecule has 1 aliphatic heterocycles. The van der Waals surface area contributed by atoms with Crippen molar-refractivity contribution in [2.45, 2.75) is 45.0 Å². The van der Waals surface area contributed by atoms with Crippen LogP contribution < -0.4 is 0 Å². The van der Waals surface area contributed by atoms with E-state index in [0.717, 1.165) is 6.42 Å². The van der Waals surface area contributed by atoms with Crippen molar-refractivity contribution in [3.05, 3.63) is 0 Å². The molecule has 0 spiro atoms. The van der Waals surface area contributed by atoms with Gasteiger partial charge in [-0.3, -0.25) is 0 Å². The summed E-state index contributed by atoms with van der Waals surface area (Å²) in [6.07, 6.45) is -0.0921. The number of ether oxygens (including phenoxy) is 1. The van der Waals surface area contributed by atoms with Gasteiger partial charge >= 0.3 is 0 Å². The largest absolute Gasteiger partial charge is 0.396 e. The average molecular weight is 218 g/mol. The molecule has 4 heteroatoms. The Balaban J connectivity index is 2.65. The van der Waals surface area contributed by atoms with Crippen LogP contribution in [0.15, 0.2) is 0 Å². The van der Waals surface area contributed by atoms with Crippen LogP contribution in [-0.4, -0.2) is 46.8 Å². The average Bonchev–Trinajstić information content (AvgIpc) is 2.24. The summed E-state index contributed by atoms with van der Waals surface area (Å²) in [6, 6.07) is 0. The first-order valence-electron chi connectivity index (χ1n) is 5.68. The number of rotatable bonds is 2. The van der Waals surface area contributed by atoms with Crippen molar-refractivity contribution < 1.29 is 20.1 Å². The molecule has 0 aromatic heterocycles. The maximum absolute atomic E-state index is 9.79. The summed E-state index contributed by atoms with van der Waals surface area (Å²) in [5.41, 5.74) is 0. The lowest BCUT2D eigenvalue weighted by atomic mass is 9.86. The van der Waals surface area contributed by atoms with Gasteiger partial charge in [0.1, 0.15) is 0 Å². The van der Waals surface area contributed by atoms with Crippen LogP contribution in [0.4, 0.5) is 0 Å². The van der Waals surface area contributed by atoms with Gasteiger partial charge in [0.15, 0.2) is 0 Å². The second kappa shape index (κ2) is 5.80. The maximum Gasteiger partial charge on any atom is 0.0871 e. The third kappa shape index (κ3) is 3.14. The smallest absolute Gasteiger partial charge is 0.0871 e. The van der Waals surface area contributed by atoms with Crippen LogP contribution in [0.3, 0.4) is 0 Å². The van der Waals surface area contributed by atoms with Crippen LogP contribution in [0.5, 0.6) is 0 Å². The Kier molecular flexibility index (Phi) is 4.99. The van der Waals surface area contributed by atoms with Crippen LogP contribution in [-0.2, 0) is 4.74 Å². The van der Waals surface area contributed by atoms with Crippen molar-refractivity contribution in [2.75, 3.05) is 13.2 Å². The molecule has 0 aliphatic carbocycles. The van der Waals surface area contributed by atoms with Gasteiger partial charge in [-0.2, -0.15) is 0 Å². The number of hydrogen-bond acceptors (Lipinski definition) is 4. The molecule has 0 amide bonds. The van der Waals surface area contributed by atoms with Crippen molar-refractivity contribution in [1.29, 1.82) is 0 Å². The van der Waals surface area contributed by atoms with E-state index < -0.39 is 12.2 Å². The predicted octanol–water partition coefficient (Wildman–Crippen LogP) is 0.152. The molecule has 1 fully saturated rings. The minimum absolute atomic E-state index is 0.0752. The van der Waals surface area contributed by atoms with E-state index in [1.807, 2.05) is 6.92 Å². The predicted molar refractivity (Wildman–Crippen MR) is 56.4 cm³/mol. The van der Waals surface area contributed by atoms with E-state index in [4.69, 9.17) is 9.84 Å². The summed E-state index contributed by atoms with van der Waals surface area (Å²) in [5, 5.41) is 28.6. The summed E-state index contributed by atoms with van der Waals surface area (Å²) in [4.78, 5) is 0. The highest BCUT2D eigenvalue weighted by molar-refractivity contribution is 4.82. The van der Waals surface area contributed by atoms with Crippen LogP contribution >= 0.6 is 0 Å². The first kappa shape index (κ1) is 12.9. The zero-order valence-electron chi connectivity index (χ0n) is 9.47. The van der Waals surface area contributed by atoms with Gasteiger partial charge in [0, 0.05) is 5.92 Å². The molecule has 0 saturated carbocycles. The van der Waals surface area contributed by atoms with Crippen LogP contribution in [0.2, 0.25) is 0 Å². The summed E-state index contributed by atoms with van der Waals surface area (Å²) < 4.78 is 5.58. The summed E-state index contributed by atoms with van der Waals surface area (Å²) >= 11 is 0. The molecular formula is C11H22O4. The van der Waals surface area contributed by atoms with Crippen LogP contribution in [0, 0.1) is 11.8 Å². The van der Waals surface area contributed by atoms with E-state index in [1.54, 1.807) is 0 Å². The molecular weight excluding hydrogens is 196 g/mol. The molecule has 1 unspecified atom stereocenters. The van der Waals surface area contributed by atoms with E-state index in [2.05, 4.69) is 6.92 Å². The molecule has 1 rings (SSSR count). The Morgan fingerprint density at radius 3 is 2.47 bits per heavy atom. The SMILES string of the molecule is CC[C@@H]1C[C@@H](O)[C@H](O)[C@@H](CO)COC1C. The molecule has 0 aromatic carbocycles. The van der Waals surface area contributed by atoms with E-state index in [0.29, 0.717) is 13.0 Å². The zero-order valence-corrected chi connectivity index (χ0v) is 9.47. The molecule has 1 heterocycles. The maximum atomic E-state index is 9.79. The van der Waals surface area contributed by atoms with Crippen molar-refractivity contribution in [2.24, 2.45) is 11.8 Å². The van der Waals surface area contributed by atoms with Gasteiger partial charge in [0.25, 0.3) is 0 Å². The Bertz CT molecular complexity index is 183. The van der Waals surface area contributed by atoms with E-state index >= 15 is 0 Å². The van der Waals surface area contributed by atoms with Crippen molar-refractivity contribution in [3.63, 3.8) is 0 Å². The van der Waals surface area contributed by atoms with E-state index in [9.17, 15) is 10.2 Å². The van der Waals surface area contributed by atoms with Crippen molar-refractivity contribution >= 4 is 0 Å². The molecule has 4 nitrogen and oxygen atoms in total. The molecule has 0 aromatic rings. The topological polar surface area (TPSA) is 69.9 Å². The van der Waals surface area contributed by atoms with Gasteiger partial charge in [-0.05, 0) is 19.3 Å². The fourth-order valence-electron chi connectivity index (χ4n) is 2.12. The first-order chi connectivity index (χ1) is 7.10. The van der Waals surface area contributed by atoms with Gasteiger partial charge in [-0.25, -0.2) is 0 Å². The third-order valence-corrected chi connectivity index (χ3v) is 3.42. The van der Waals surface area contributed by atoms with Gasteiger partial charge in [-0.1, -0.05) is 13.3 Å². The highest BCUT2D eigenvalue weighted by atomic mass is 16.5. The Morgan fingerprint density at radius 1 is 1.27 bits per heavy atom. The molecule has 1 saturated heterocycles. The molecule has 1 aliphatic rings. The number of aliphatic hydroxyl groups is 3. The summed E-state index contributed by atoms with van der Waals surface area (Å²) in [7, 11) is 0. The Labute approximate surface area is 90.9 Å². The molecule has 3 N–H and O–H groups in total. The third-order valence-electron chi connectivity index (χ3n) is 3.42. The minimum Gasteiger partial charge on any atom is -0.396 e. The Morgan fingerprint density at radius 2 is 1.93 bits per heavy atom. The lowest BCUT2D eigenvalue weighted by Gasteiger charge is -2.34. The molecule has 5 atom stereocenters. The normalized spacial score (nSPS) is 43.4. The fraction of sp³-hybridized carbons (Fsp3) is 1.00. The summed E-state index contributed by atoms with van der Waals surface area (Å²) in [5.74, 6) is -0.102. The second-order valence-electron chi connectivity index (χ2n) is 4.44. The van der Waals surface area contributed by atoms with Crippen LogP contribution in [0.1, 0.15) is 26.7 Å². The molecule has 0 bridgehead atoms. The number of hydrogen-bond donors (Lipinski definition) is 3. The quantitative estimate of drug-likeness (QED) is 0.617. The standard InChI is InChI=1S/C11H22O4/c1-3-8-4-10(13)11(14)9(5-12)6-15-7(8)2/h7-14H,3-6H2,1-2H3/t7?,8-,9+,10-,11-/m1/s1. The molecule has 15 heavy (non-hydrogen) atoms. The lowest BCUT2D eigenvalue weighted by molar-refractivity contribution is -0.113.